The van der Waals surface area contributed by atoms with Gasteiger partial charge in [0.2, 0.25) is 0 Å². The first-order valence-electron chi connectivity index (χ1n) is 8.48. The molecule has 24 heavy (non-hydrogen) atoms. The highest BCUT2D eigenvalue weighted by molar-refractivity contribution is 5.73. The van der Waals surface area contributed by atoms with Crippen LogP contribution in [0.1, 0.15) is 73.6 Å². The first-order valence-corrected chi connectivity index (χ1v) is 8.48. The molecule has 0 heterocycles. The topological polar surface area (TPSA) is 78.9 Å². The molecule has 0 N–H and O–H groups in total. The molecular weight excluding hydrogens is 312 g/mol. The lowest BCUT2D eigenvalue weighted by Crippen LogP contribution is -2.27. The SMILES string of the molecule is CCC(C)(C)OC(=O)CCOC(=O)CCOC(=O)CCC(C)(C)C. The molecule has 6 nitrogen and oxygen atoms in total. The second-order valence-electron chi connectivity index (χ2n) is 7.59. The fraction of sp³-hybridized carbons (Fsp3) is 0.833. The van der Waals surface area contributed by atoms with Crippen molar-refractivity contribution in [3.05, 3.63) is 0 Å². The third-order valence-electron chi connectivity index (χ3n) is 3.46. The van der Waals surface area contributed by atoms with E-state index in [-0.39, 0.29) is 37.4 Å². The van der Waals surface area contributed by atoms with Crippen LogP contribution in [0.2, 0.25) is 0 Å². The summed E-state index contributed by atoms with van der Waals surface area (Å²) in [6.07, 6.45) is 1.76. The van der Waals surface area contributed by atoms with Crippen LogP contribution in [0.3, 0.4) is 0 Å². The average molecular weight is 344 g/mol. The molecule has 0 aliphatic heterocycles. The van der Waals surface area contributed by atoms with E-state index in [0.717, 1.165) is 6.42 Å². The monoisotopic (exact) mass is 344 g/mol. The Morgan fingerprint density at radius 3 is 1.67 bits per heavy atom. The van der Waals surface area contributed by atoms with Crippen LogP contribution in [-0.2, 0) is 28.6 Å². The van der Waals surface area contributed by atoms with Gasteiger partial charge in [0.05, 0.1) is 12.8 Å². The molecule has 0 aliphatic carbocycles. The van der Waals surface area contributed by atoms with E-state index in [9.17, 15) is 14.4 Å². The van der Waals surface area contributed by atoms with E-state index in [0.29, 0.717) is 12.8 Å². The molecular formula is C18H32O6. The molecule has 140 valence electrons. The molecule has 0 radical (unpaired) electrons. The van der Waals surface area contributed by atoms with Gasteiger partial charge in [-0.25, -0.2) is 0 Å². The van der Waals surface area contributed by atoms with E-state index < -0.39 is 17.5 Å². The Labute approximate surface area is 145 Å². The third kappa shape index (κ3) is 12.9. The van der Waals surface area contributed by atoms with Crippen LogP contribution < -0.4 is 0 Å². The first kappa shape index (κ1) is 22.4. The molecule has 0 saturated carbocycles. The summed E-state index contributed by atoms with van der Waals surface area (Å²) in [5.74, 6) is -1.22. The smallest absolute Gasteiger partial charge is 0.309 e. The third-order valence-corrected chi connectivity index (χ3v) is 3.46. The number of esters is 3. The molecule has 0 fully saturated rings. The zero-order chi connectivity index (χ0) is 18.8. The quantitative estimate of drug-likeness (QED) is 0.446. The molecule has 0 bridgehead atoms. The van der Waals surface area contributed by atoms with Gasteiger partial charge in [-0.3, -0.25) is 14.4 Å². The van der Waals surface area contributed by atoms with Gasteiger partial charge >= 0.3 is 17.9 Å². The lowest BCUT2D eigenvalue weighted by Gasteiger charge is -2.23. The summed E-state index contributed by atoms with van der Waals surface area (Å²) in [5.41, 5.74) is -0.443. The van der Waals surface area contributed by atoms with Crippen LogP contribution >= 0.6 is 0 Å². The van der Waals surface area contributed by atoms with Crippen LogP contribution in [0, 0.1) is 5.41 Å². The number of rotatable bonds is 10. The summed E-state index contributed by atoms with van der Waals surface area (Å²) in [6, 6.07) is 0. The van der Waals surface area contributed by atoms with E-state index in [1.54, 1.807) is 0 Å². The van der Waals surface area contributed by atoms with E-state index in [2.05, 4.69) is 0 Å². The molecule has 0 spiro atoms. The van der Waals surface area contributed by atoms with Gasteiger partial charge < -0.3 is 14.2 Å². The van der Waals surface area contributed by atoms with Crippen LogP contribution in [0.5, 0.6) is 0 Å². The van der Waals surface area contributed by atoms with Crippen molar-refractivity contribution < 1.29 is 28.6 Å². The summed E-state index contributed by atoms with van der Waals surface area (Å²) in [6.45, 7) is 11.7. The molecule has 0 aromatic heterocycles. The predicted octanol–water partition coefficient (Wildman–Crippen LogP) is 3.41. The average Bonchev–Trinajstić information content (AvgIpc) is 2.44. The zero-order valence-corrected chi connectivity index (χ0v) is 15.9. The molecule has 0 aliphatic rings. The summed E-state index contributed by atoms with van der Waals surface area (Å²) in [5, 5.41) is 0. The van der Waals surface area contributed by atoms with E-state index in [1.165, 1.54) is 0 Å². The minimum absolute atomic E-state index is 0.00484. The maximum Gasteiger partial charge on any atom is 0.309 e. The van der Waals surface area contributed by atoms with Crippen molar-refractivity contribution in [1.82, 2.24) is 0 Å². The fourth-order valence-corrected chi connectivity index (χ4v) is 1.55. The maximum atomic E-state index is 11.6. The summed E-state index contributed by atoms with van der Waals surface area (Å²) >= 11 is 0. The van der Waals surface area contributed by atoms with Gasteiger partial charge in [0.15, 0.2) is 0 Å². The second kappa shape index (κ2) is 10.3. The van der Waals surface area contributed by atoms with Crippen LogP contribution in [0.4, 0.5) is 0 Å². The first-order chi connectivity index (χ1) is 10.9. The molecule has 0 unspecified atom stereocenters. The maximum absolute atomic E-state index is 11.6. The summed E-state index contributed by atoms with van der Waals surface area (Å²) in [7, 11) is 0. The van der Waals surface area contributed by atoms with Gasteiger partial charge in [-0.2, -0.15) is 0 Å². The molecule has 0 rings (SSSR count). The summed E-state index contributed by atoms with van der Waals surface area (Å²) in [4.78, 5) is 34.6. The van der Waals surface area contributed by atoms with Gasteiger partial charge in [0.25, 0.3) is 0 Å². The van der Waals surface area contributed by atoms with Gasteiger partial charge in [0.1, 0.15) is 18.8 Å². The highest BCUT2D eigenvalue weighted by Gasteiger charge is 2.20. The highest BCUT2D eigenvalue weighted by Crippen LogP contribution is 2.20. The van der Waals surface area contributed by atoms with Crippen LogP contribution in [-0.4, -0.2) is 36.7 Å². The molecule has 0 amide bonds. The fourth-order valence-electron chi connectivity index (χ4n) is 1.55. The highest BCUT2D eigenvalue weighted by atomic mass is 16.6. The molecule has 0 aromatic carbocycles. The Morgan fingerprint density at radius 1 is 0.750 bits per heavy atom. The standard InChI is InChI=1S/C18H32O6/c1-7-18(5,6)24-16(21)10-13-23-15(20)9-12-22-14(19)8-11-17(2,3)4/h7-13H2,1-6H3. The Bertz CT molecular complexity index is 420. The van der Waals surface area contributed by atoms with E-state index in [1.807, 2.05) is 41.5 Å². The summed E-state index contributed by atoms with van der Waals surface area (Å²) < 4.78 is 15.1. The Hall–Kier alpha value is -1.59. The van der Waals surface area contributed by atoms with Crippen molar-refractivity contribution in [2.45, 2.75) is 79.2 Å². The predicted molar refractivity (Wildman–Crippen MR) is 90.3 cm³/mol. The second-order valence-corrected chi connectivity index (χ2v) is 7.59. The van der Waals surface area contributed by atoms with Crippen LogP contribution in [0.15, 0.2) is 0 Å². The van der Waals surface area contributed by atoms with Crippen molar-refractivity contribution in [2.24, 2.45) is 5.41 Å². The Balaban J connectivity index is 3.77. The zero-order valence-electron chi connectivity index (χ0n) is 15.9. The lowest BCUT2D eigenvalue weighted by atomic mass is 9.91. The van der Waals surface area contributed by atoms with Crippen molar-refractivity contribution >= 4 is 17.9 Å². The molecule has 0 aromatic rings. The number of carbonyl (C=O) groups is 3. The molecule has 0 atom stereocenters. The number of hydrogen-bond donors (Lipinski definition) is 0. The Kier molecular flexibility index (Phi) is 9.63. The van der Waals surface area contributed by atoms with E-state index >= 15 is 0 Å². The van der Waals surface area contributed by atoms with Crippen molar-refractivity contribution in [1.29, 1.82) is 0 Å². The number of hydrogen-bond acceptors (Lipinski definition) is 6. The Morgan fingerprint density at radius 2 is 1.21 bits per heavy atom. The molecule has 0 saturated heterocycles. The number of ether oxygens (including phenoxy) is 3. The van der Waals surface area contributed by atoms with Gasteiger partial charge in [-0.15, -0.1) is 0 Å². The minimum atomic E-state index is -0.512. The van der Waals surface area contributed by atoms with Crippen molar-refractivity contribution in [3.8, 4) is 0 Å². The number of carbonyl (C=O) groups excluding carboxylic acids is 3. The van der Waals surface area contributed by atoms with Gasteiger partial charge in [-0.1, -0.05) is 27.7 Å². The van der Waals surface area contributed by atoms with Crippen LogP contribution in [0.25, 0.3) is 0 Å². The van der Waals surface area contributed by atoms with Gasteiger partial charge in [0, 0.05) is 6.42 Å². The largest absolute Gasteiger partial charge is 0.465 e. The minimum Gasteiger partial charge on any atom is -0.465 e. The van der Waals surface area contributed by atoms with Crippen molar-refractivity contribution in [3.63, 3.8) is 0 Å². The molecule has 6 heteroatoms. The lowest BCUT2D eigenvalue weighted by molar-refractivity contribution is -0.159. The van der Waals surface area contributed by atoms with Gasteiger partial charge in [-0.05, 0) is 32.1 Å². The van der Waals surface area contributed by atoms with Crippen molar-refractivity contribution in [2.75, 3.05) is 13.2 Å². The normalized spacial score (nSPS) is 11.8. The van der Waals surface area contributed by atoms with E-state index in [4.69, 9.17) is 14.2 Å².